The second kappa shape index (κ2) is 8.44. The molecule has 0 radical (unpaired) electrons. The van der Waals surface area contributed by atoms with Crippen molar-refractivity contribution in [3.8, 4) is 0 Å². The summed E-state index contributed by atoms with van der Waals surface area (Å²) < 4.78 is 1.20. The molecule has 0 aliphatic rings. The maximum atomic E-state index is 11.9. The van der Waals surface area contributed by atoms with Crippen molar-refractivity contribution < 1.29 is 14.4 Å². The van der Waals surface area contributed by atoms with Gasteiger partial charge in [-0.25, -0.2) is 0 Å². The van der Waals surface area contributed by atoms with Crippen LogP contribution in [0.3, 0.4) is 0 Å². The van der Waals surface area contributed by atoms with E-state index in [0.717, 1.165) is 5.56 Å². The molecule has 8 nitrogen and oxygen atoms in total. The highest BCUT2D eigenvalue weighted by Crippen LogP contribution is 2.03. The van der Waals surface area contributed by atoms with Gasteiger partial charge in [0.1, 0.15) is 6.54 Å². The third-order valence-electron chi connectivity index (χ3n) is 3.24. The number of rotatable bonds is 5. The van der Waals surface area contributed by atoms with Gasteiger partial charge in [-0.05, 0) is 25.1 Å². The normalized spacial score (nSPS) is 9.96. The Bertz CT molecular complexity index is 844. The van der Waals surface area contributed by atoms with E-state index < -0.39 is 11.8 Å². The van der Waals surface area contributed by atoms with Crippen LogP contribution in [0.1, 0.15) is 15.9 Å². The Hall–Kier alpha value is -3.42. The number of aromatic nitrogens is 1. The molecule has 0 saturated heterocycles. The fourth-order valence-corrected chi connectivity index (χ4v) is 2.02. The molecule has 8 heteroatoms. The van der Waals surface area contributed by atoms with Crippen LogP contribution in [0.25, 0.3) is 0 Å². The van der Waals surface area contributed by atoms with E-state index in [-0.39, 0.29) is 24.6 Å². The van der Waals surface area contributed by atoms with Crippen molar-refractivity contribution in [2.75, 3.05) is 6.54 Å². The van der Waals surface area contributed by atoms with E-state index in [2.05, 4.69) is 16.2 Å². The van der Waals surface area contributed by atoms with E-state index in [1.807, 2.05) is 13.0 Å². The van der Waals surface area contributed by atoms with Gasteiger partial charge in [-0.3, -0.25) is 30.0 Å². The predicted molar refractivity (Wildman–Crippen MR) is 90.5 cm³/mol. The molecule has 0 unspecified atom stereocenters. The highest BCUT2D eigenvalue weighted by atomic mass is 16.2. The Morgan fingerprint density at radius 2 is 1.76 bits per heavy atom. The summed E-state index contributed by atoms with van der Waals surface area (Å²) >= 11 is 0. The van der Waals surface area contributed by atoms with Gasteiger partial charge in [-0.1, -0.05) is 23.8 Å². The van der Waals surface area contributed by atoms with Gasteiger partial charge >= 0.3 is 0 Å². The fraction of sp³-hybridized carbons (Fsp3) is 0.176. The maximum absolute atomic E-state index is 11.9. The summed E-state index contributed by atoms with van der Waals surface area (Å²) in [7, 11) is 0. The molecule has 130 valence electrons. The first-order valence-electron chi connectivity index (χ1n) is 7.54. The molecule has 0 spiro atoms. The molecule has 0 aliphatic heterocycles. The van der Waals surface area contributed by atoms with Gasteiger partial charge < -0.3 is 9.88 Å². The van der Waals surface area contributed by atoms with Crippen molar-refractivity contribution in [2.24, 2.45) is 0 Å². The molecule has 1 aromatic carbocycles. The predicted octanol–water partition coefficient (Wildman–Crippen LogP) is -0.266. The zero-order valence-electron chi connectivity index (χ0n) is 13.6. The number of carbonyl (C=O) groups excluding carboxylic acids is 3. The number of pyridine rings is 1. The minimum Gasteiger partial charge on any atom is -0.343 e. The van der Waals surface area contributed by atoms with E-state index >= 15 is 0 Å². The average molecular weight is 342 g/mol. The zero-order chi connectivity index (χ0) is 18.2. The van der Waals surface area contributed by atoms with Crippen LogP contribution >= 0.6 is 0 Å². The van der Waals surface area contributed by atoms with Crippen molar-refractivity contribution in [3.63, 3.8) is 0 Å². The second-order valence-corrected chi connectivity index (χ2v) is 5.32. The summed E-state index contributed by atoms with van der Waals surface area (Å²) in [4.78, 5) is 46.7. The molecule has 0 atom stereocenters. The summed E-state index contributed by atoms with van der Waals surface area (Å²) in [5.74, 6) is -1.54. The monoisotopic (exact) mass is 342 g/mol. The van der Waals surface area contributed by atoms with Gasteiger partial charge in [0.25, 0.3) is 23.3 Å². The van der Waals surface area contributed by atoms with Crippen molar-refractivity contribution in [2.45, 2.75) is 13.5 Å². The number of nitrogens with zero attached hydrogens (tertiary/aromatic N) is 1. The third-order valence-corrected chi connectivity index (χ3v) is 3.24. The minimum absolute atomic E-state index is 0.227. The zero-order valence-corrected chi connectivity index (χ0v) is 13.6. The first kappa shape index (κ1) is 17.9. The lowest BCUT2D eigenvalue weighted by Gasteiger charge is -2.09. The topological polar surface area (TPSA) is 109 Å². The molecule has 0 saturated carbocycles. The van der Waals surface area contributed by atoms with E-state index in [1.165, 1.54) is 16.8 Å². The molecule has 25 heavy (non-hydrogen) atoms. The molecular formula is C17H18N4O4. The van der Waals surface area contributed by atoms with Gasteiger partial charge in [0.05, 0.1) is 6.54 Å². The number of hydrogen-bond donors (Lipinski definition) is 3. The Labute approximate surface area is 143 Å². The lowest BCUT2D eigenvalue weighted by molar-refractivity contribution is -0.128. The maximum Gasteiger partial charge on any atom is 0.258 e. The van der Waals surface area contributed by atoms with E-state index in [1.54, 1.807) is 30.3 Å². The molecular weight excluding hydrogens is 324 g/mol. The Balaban J connectivity index is 1.75. The molecule has 0 aliphatic carbocycles. The van der Waals surface area contributed by atoms with Crippen LogP contribution in [0.15, 0.2) is 53.5 Å². The largest absolute Gasteiger partial charge is 0.343 e. The first-order chi connectivity index (χ1) is 12.0. The van der Waals surface area contributed by atoms with Gasteiger partial charge in [0.15, 0.2) is 0 Å². The highest BCUT2D eigenvalue weighted by molar-refractivity contribution is 5.96. The molecule has 3 N–H and O–H groups in total. The van der Waals surface area contributed by atoms with Crippen LogP contribution in [0.4, 0.5) is 0 Å². The van der Waals surface area contributed by atoms with Crippen LogP contribution in [0.5, 0.6) is 0 Å². The number of carbonyl (C=O) groups is 3. The van der Waals surface area contributed by atoms with Gasteiger partial charge in [0.2, 0.25) is 0 Å². The number of hydrazine groups is 1. The first-order valence-corrected chi connectivity index (χ1v) is 7.54. The summed E-state index contributed by atoms with van der Waals surface area (Å²) in [5, 5.41) is 2.45. The Kier molecular flexibility index (Phi) is 6.05. The quantitative estimate of drug-likeness (QED) is 0.650. The van der Waals surface area contributed by atoms with Crippen LogP contribution < -0.4 is 21.7 Å². The number of nitrogens with one attached hydrogen (secondary N) is 3. The van der Waals surface area contributed by atoms with Crippen LogP contribution in [0.2, 0.25) is 0 Å². The third kappa shape index (κ3) is 5.61. The van der Waals surface area contributed by atoms with Gasteiger partial charge in [-0.15, -0.1) is 0 Å². The van der Waals surface area contributed by atoms with Crippen LogP contribution in [-0.4, -0.2) is 28.8 Å². The van der Waals surface area contributed by atoms with E-state index in [9.17, 15) is 19.2 Å². The van der Waals surface area contributed by atoms with Crippen molar-refractivity contribution in [1.82, 2.24) is 20.7 Å². The SMILES string of the molecule is Cc1cccc(C(=O)NCC(=O)NNC(=O)Cn2ccccc2=O)c1. The second-order valence-electron chi connectivity index (χ2n) is 5.32. The number of amides is 3. The Morgan fingerprint density at radius 1 is 1.00 bits per heavy atom. The summed E-state index contributed by atoms with van der Waals surface area (Å²) in [6.07, 6.45) is 1.46. The minimum atomic E-state index is -0.588. The van der Waals surface area contributed by atoms with Gasteiger partial charge in [-0.2, -0.15) is 0 Å². The summed E-state index contributed by atoms with van der Waals surface area (Å²) in [6, 6.07) is 11.5. The molecule has 1 aromatic heterocycles. The molecule has 2 aromatic rings. The summed E-state index contributed by atoms with van der Waals surface area (Å²) in [6.45, 7) is 1.34. The van der Waals surface area contributed by atoms with E-state index in [0.29, 0.717) is 5.56 Å². The number of aryl methyl sites for hydroxylation is 1. The van der Waals surface area contributed by atoms with E-state index in [4.69, 9.17) is 0 Å². The fourth-order valence-electron chi connectivity index (χ4n) is 2.02. The molecule has 0 bridgehead atoms. The molecule has 3 amide bonds. The van der Waals surface area contributed by atoms with Crippen LogP contribution in [0, 0.1) is 6.92 Å². The van der Waals surface area contributed by atoms with Crippen molar-refractivity contribution in [1.29, 1.82) is 0 Å². The Morgan fingerprint density at radius 3 is 2.48 bits per heavy atom. The van der Waals surface area contributed by atoms with Crippen LogP contribution in [-0.2, 0) is 16.1 Å². The molecule has 0 fully saturated rings. The smallest absolute Gasteiger partial charge is 0.258 e. The lowest BCUT2D eigenvalue weighted by Crippen LogP contribution is -2.47. The standard InChI is InChI=1S/C17H18N4O4/c1-12-5-4-6-13(9-12)17(25)18-10-14(22)19-20-15(23)11-21-8-3-2-7-16(21)24/h2-9H,10-11H2,1H3,(H,18,25)(H,19,22)(H,20,23). The average Bonchev–Trinajstić information content (AvgIpc) is 2.60. The summed E-state index contributed by atoms with van der Waals surface area (Å²) in [5.41, 5.74) is 5.40. The number of hydrogen-bond acceptors (Lipinski definition) is 4. The van der Waals surface area contributed by atoms with Gasteiger partial charge in [0, 0.05) is 17.8 Å². The molecule has 1 heterocycles. The lowest BCUT2D eigenvalue weighted by atomic mass is 10.1. The van der Waals surface area contributed by atoms with Crippen molar-refractivity contribution in [3.05, 3.63) is 70.1 Å². The molecule has 2 rings (SSSR count). The number of benzene rings is 1. The highest BCUT2D eigenvalue weighted by Gasteiger charge is 2.09. The van der Waals surface area contributed by atoms with Crippen molar-refractivity contribution >= 4 is 17.7 Å².